The fourth-order valence-corrected chi connectivity index (χ4v) is 3.69. The molecule has 161 valence electrons. The second kappa shape index (κ2) is 9.99. The molecule has 0 bridgehead atoms. The smallest absolute Gasteiger partial charge is 0.285 e. The van der Waals surface area contributed by atoms with Crippen molar-refractivity contribution in [3.8, 4) is 11.1 Å². The molecule has 8 heteroatoms. The van der Waals surface area contributed by atoms with Crippen LogP contribution in [0.3, 0.4) is 0 Å². The molecule has 0 aliphatic carbocycles. The summed E-state index contributed by atoms with van der Waals surface area (Å²) in [7, 11) is 0. The van der Waals surface area contributed by atoms with E-state index in [2.05, 4.69) is 11.5 Å². The Balaban J connectivity index is 1.92. The molecule has 2 amide bonds. The summed E-state index contributed by atoms with van der Waals surface area (Å²) < 4.78 is 0. The van der Waals surface area contributed by atoms with Crippen molar-refractivity contribution in [3.63, 3.8) is 0 Å². The van der Waals surface area contributed by atoms with E-state index in [0.717, 1.165) is 11.1 Å². The van der Waals surface area contributed by atoms with Crippen LogP contribution < -0.4 is 5.43 Å². The Morgan fingerprint density at radius 3 is 2.55 bits per heavy atom. The van der Waals surface area contributed by atoms with Crippen LogP contribution in [0.1, 0.15) is 30.9 Å². The van der Waals surface area contributed by atoms with Crippen LogP contribution >= 0.6 is 0 Å². The van der Waals surface area contributed by atoms with Crippen LogP contribution in [-0.4, -0.2) is 53.3 Å². The lowest BCUT2D eigenvalue weighted by Crippen LogP contribution is -2.52. The third kappa shape index (κ3) is 5.16. The third-order valence-corrected chi connectivity index (χ3v) is 5.28. The highest BCUT2D eigenvalue weighted by molar-refractivity contribution is 5.94. The van der Waals surface area contributed by atoms with E-state index in [1.54, 1.807) is 22.1 Å². The Hall–Kier alpha value is -3.52. The van der Waals surface area contributed by atoms with Crippen molar-refractivity contribution >= 4 is 24.1 Å². The third-order valence-electron chi connectivity index (χ3n) is 5.28. The number of rotatable bonds is 7. The van der Waals surface area contributed by atoms with E-state index in [9.17, 15) is 19.7 Å². The lowest BCUT2D eigenvalue weighted by molar-refractivity contribution is -0.384. The van der Waals surface area contributed by atoms with Crippen molar-refractivity contribution in [2.75, 3.05) is 26.2 Å². The zero-order valence-corrected chi connectivity index (χ0v) is 17.6. The van der Waals surface area contributed by atoms with Crippen molar-refractivity contribution < 1.29 is 14.5 Å². The number of benzene rings is 2. The highest BCUT2D eigenvalue weighted by Crippen LogP contribution is 2.38. The van der Waals surface area contributed by atoms with E-state index in [1.807, 2.05) is 38.1 Å². The Labute approximate surface area is 181 Å². The van der Waals surface area contributed by atoms with Crippen molar-refractivity contribution in [2.24, 2.45) is 0 Å². The number of piperazine rings is 1. The number of nitro groups is 1. The van der Waals surface area contributed by atoms with Gasteiger partial charge in [-0.3, -0.25) is 25.1 Å². The van der Waals surface area contributed by atoms with Crippen molar-refractivity contribution in [1.82, 2.24) is 15.3 Å². The minimum absolute atomic E-state index is 0.115. The molecule has 8 nitrogen and oxygen atoms in total. The van der Waals surface area contributed by atoms with Gasteiger partial charge in [-0.25, -0.2) is 5.01 Å². The number of hydrogen-bond acceptors (Lipinski definition) is 5. The van der Waals surface area contributed by atoms with Gasteiger partial charge in [0, 0.05) is 32.3 Å². The van der Waals surface area contributed by atoms with Gasteiger partial charge >= 0.3 is 0 Å². The monoisotopic (exact) mass is 421 g/mol. The van der Waals surface area contributed by atoms with Gasteiger partial charge in [0.15, 0.2) is 0 Å². The fraction of sp³-hybridized carbons (Fsp3) is 0.304. The summed E-state index contributed by atoms with van der Waals surface area (Å²) in [5, 5.41) is 13.5. The first-order valence-electron chi connectivity index (χ1n) is 10.1. The van der Waals surface area contributed by atoms with Gasteiger partial charge in [0.1, 0.15) is 0 Å². The summed E-state index contributed by atoms with van der Waals surface area (Å²) in [6.45, 7) is 6.12. The molecule has 31 heavy (non-hydrogen) atoms. The normalized spacial score (nSPS) is 14.7. The topological polar surface area (TPSA) is 95.8 Å². The highest BCUT2D eigenvalue weighted by Gasteiger charge is 2.23. The largest absolute Gasteiger partial charge is 0.336 e. The lowest BCUT2D eigenvalue weighted by atomic mass is 9.89. The molecular formula is C23H25N4O4. The molecular weight excluding hydrogens is 396 g/mol. The standard InChI is InChI=1S/C23H25N4O4/c1-17(2)19-7-3-4-8-20(19)23-18(6-5-9-21(23)27(30)31)10-11-22(29)25-12-14-26(15-13-25)24-16-28/h3-8,10-11,16-17H,12-15H2,1-2H3,(H,24,28)/b11-10+. The number of nitrogens with zero attached hydrogens (tertiary/aromatic N) is 3. The van der Waals surface area contributed by atoms with Crippen molar-refractivity contribution in [2.45, 2.75) is 19.8 Å². The molecule has 2 aromatic carbocycles. The molecule has 1 fully saturated rings. The van der Waals surface area contributed by atoms with Gasteiger partial charge in [0.2, 0.25) is 12.3 Å². The Morgan fingerprint density at radius 2 is 1.90 bits per heavy atom. The molecule has 0 atom stereocenters. The van der Waals surface area contributed by atoms with Gasteiger partial charge in [0.05, 0.1) is 16.6 Å². The molecule has 1 aliphatic heterocycles. The van der Waals surface area contributed by atoms with Gasteiger partial charge < -0.3 is 4.90 Å². The van der Waals surface area contributed by atoms with Crippen LogP contribution in [0.15, 0.2) is 42.5 Å². The summed E-state index contributed by atoms with van der Waals surface area (Å²) in [6, 6.07) is 13.6. The number of nitrogens with one attached hydrogen (secondary N) is 1. The molecule has 1 heterocycles. The second-order valence-electron chi connectivity index (χ2n) is 7.55. The molecule has 0 spiro atoms. The van der Waals surface area contributed by atoms with Crippen molar-refractivity contribution in [1.29, 1.82) is 0 Å². The van der Waals surface area contributed by atoms with Gasteiger partial charge in [-0.2, -0.15) is 0 Å². The van der Waals surface area contributed by atoms with E-state index in [4.69, 9.17) is 0 Å². The number of hydrogen-bond donors (Lipinski definition) is 1. The van der Waals surface area contributed by atoms with Crippen LogP contribution in [0.2, 0.25) is 0 Å². The van der Waals surface area contributed by atoms with E-state index < -0.39 is 4.92 Å². The van der Waals surface area contributed by atoms with E-state index in [1.165, 1.54) is 12.1 Å². The summed E-state index contributed by atoms with van der Waals surface area (Å²) in [5.74, 6) is -0.00456. The molecule has 3 rings (SSSR count). The number of amides is 2. The average molecular weight is 421 g/mol. The minimum Gasteiger partial charge on any atom is -0.336 e. The number of hydrazine groups is 1. The predicted molar refractivity (Wildman–Crippen MR) is 118 cm³/mol. The van der Waals surface area contributed by atoms with Crippen molar-refractivity contribution in [3.05, 3.63) is 69.8 Å². The van der Waals surface area contributed by atoms with Crippen LogP contribution in [0.5, 0.6) is 0 Å². The fourth-order valence-electron chi connectivity index (χ4n) is 3.69. The first kappa shape index (κ1) is 22.2. The average Bonchev–Trinajstić information content (AvgIpc) is 2.77. The number of carbonyl (C=O) groups is 2. The first-order chi connectivity index (χ1) is 14.9. The van der Waals surface area contributed by atoms with E-state index in [-0.39, 0.29) is 17.5 Å². The second-order valence-corrected chi connectivity index (χ2v) is 7.55. The molecule has 2 aromatic rings. The molecule has 1 N–H and O–H groups in total. The molecule has 0 aromatic heterocycles. The van der Waals surface area contributed by atoms with Crippen LogP contribution in [0, 0.1) is 16.2 Å². The number of carbonyl (C=O) groups excluding carboxylic acids is 2. The quantitative estimate of drug-likeness (QED) is 0.321. The summed E-state index contributed by atoms with van der Waals surface area (Å²) in [5.41, 5.74) is 5.28. The lowest BCUT2D eigenvalue weighted by Gasteiger charge is -2.33. The molecule has 1 saturated heterocycles. The maximum Gasteiger partial charge on any atom is 0.285 e. The first-order valence-corrected chi connectivity index (χ1v) is 10.1. The zero-order chi connectivity index (χ0) is 22.4. The van der Waals surface area contributed by atoms with E-state index in [0.29, 0.717) is 43.7 Å². The zero-order valence-electron chi connectivity index (χ0n) is 17.6. The summed E-state index contributed by atoms with van der Waals surface area (Å²) in [6.07, 6.45) is 3.70. The maximum atomic E-state index is 12.7. The Bertz CT molecular complexity index is 995. The van der Waals surface area contributed by atoms with Gasteiger partial charge in [0.25, 0.3) is 5.69 Å². The Morgan fingerprint density at radius 1 is 1.19 bits per heavy atom. The molecule has 0 saturated carbocycles. The van der Waals surface area contributed by atoms with Gasteiger partial charge in [-0.15, -0.1) is 0 Å². The molecule has 1 aliphatic rings. The Kier molecular flexibility index (Phi) is 7.15. The molecule has 1 radical (unpaired) electrons. The minimum atomic E-state index is -0.440. The van der Waals surface area contributed by atoms with Crippen LogP contribution in [0.25, 0.3) is 17.2 Å². The number of nitro benzene ring substituents is 1. The SMILES string of the molecule is CC(C)c1ccccc1-c1c([N+](=O)[O-])[c]ccc1/C=C/C(=O)N1CCN(NC=O)CC1. The highest BCUT2D eigenvalue weighted by atomic mass is 16.6. The molecule has 0 unspecified atom stereocenters. The maximum absolute atomic E-state index is 12.7. The van der Waals surface area contributed by atoms with Crippen LogP contribution in [0.4, 0.5) is 5.69 Å². The van der Waals surface area contributed by atoms with E-state index >= 15 is 0 Å². The van der Waals surface area contributed by atoms with Gasteiger partial charge in [-0.1, -0.05) is 44.2 Å². The van der Waals surface area contributed by atoms with Gasteiger partial charge in [-0.05, 0) is 34.8 Å². The predicted octanol–water partition coefficient (Wildman–Crippen LogP) is 3.00. The summed E-state index contributed by atoms with van der Waals surface area (Å²) >= 11 is 0. The summed E-state index contributed by atoms with van der Waals surface area (Å²) in [4.78, 5) is 36.2. The van der Waals surface area contributed by atoms with Crippen LogP contribution in [-0.2, 0) is 9.59 Å².